The van der Waals surface area contributed by atoms with Gasteiger partial charge in [0.25, 0.3) is 0 Å². The maximum atomic E-state index is 12.4. The number of hydrogen-bond donors (Lipinski definition) is 2. The molecule has 4 heteroatoms. The van der Waals surface area contributed by atoms with Crippen molar-refractivity contribution >= 4 is 5.91 Å². The van der Waals surface area contributed by atoms with Crippen molar-refractivity contribution in [3.63, 3.8) is 0 Å². The number of amides is 1. The number of piperidine rings is 1. The van der Waals surface area contributed by atoms with Crippen molar-refractivity contribution in [3.05, 3.63) is 29.8 Å². The van der Waals surface area contributed by atoms with Gasteiger partial charge in [-0.3, -0.25) is 4.79 Å². The number of phenols is 1. The number of benzene rings is 1. The first-order valence-electron chi connectivity index (χ1n) is 6.86. The van der Waals surface area contributed by atoms with Crippen LogP contribution in [0.25, 0.3) is 0 Å². The minimum absolute atomic E-state index is 0.0621. The van der Waals surface area contributed by atoms with Crippen LogP contribution in [-0.2, 0) is 4.79 Å². The minimum Gasteiger partial charge on any atom is -0.508 e. The molecule has 4 nitrogen and oxygen atoms in total. The molecule has 0 radical (unpaired) electrons. The number of carbonyl (C=O) groups is 1. The van der Waals surface area contributed by atoms with Gasteiger partial charge in [-0.05, 0) is 32.4 Å². The second kappa shape index (κ2) is 6.06. The highest BCUT2D eigenvalue weighted by atomic mass is 16.3. The van der Waals surface area contributed by atoms with E-state index in [0.717, 1.165) is 31.5 Å². The van der Waals surface area contributed by atoms with Crippen molar-refractivity contribution < 1.29 is 9.90 Å². The third kappa shape index (κ3) is 3.07. The van der Waals surface area contributed by atoms with E-state index in [4.69, 9.17) is 0 Å². The molecule has 0 aliphatic carbocycles. The van der Waals surface area contributed by atoms with E-state index in [1.807, 2.05) is 26.1 Å². The van der Waals surface area contributed by atoms with Crippen LogP contribution in [-0.4, -0.2) is 36.1 Å². The predicted molar refractivity (Wildman–Crippen MR) is 74.9 cm³/mol. The van der Waals surface area contributed by atoms with Gasteiger partial charge in [-0.15, -0.1) is 0 Å². The topological polar surface area (TPSA) is 52.6 Å². The molecule has 1 aliphatic heterocycles. The van der Waals surface area contributed by atoms with Gasteiger partial charge in [0.15, 0.2) is 0 Å². The van der Waals surface area contributed by atoms with E-state index in [1.54, 1.807) is 17.0 Å². The fourth-order valence-electron chi connectivity index (χ4n) is 2.59. The van der Waals surface area contributed by atoms with Crippen molar-refractivity contribution in [2.24, 2.45) is 5.92 Å². The van der Waals surface area contributed by atoms with Gasteiger partial charge in [0.1, 0.15) is 5.75 Å². The third-order valence-corrected chi connectivity index (χ3v) is 3.96. The first-order chi connectivity index (χ1) is 9.11. The highest BCUT2D eigenvalue weighted by Gasteiger charge is 2.27. The van der Waals surface area contributed by atoms with Crippen LogP contribution in [0, 0.1) is 5.92 Å². The van der Waals surface area contributed by atoms with E-state index in [1.165, 1.54) is 0 Å². The molecule has 1 saturated heterocycles. The molecule has 0 aromatic heterocycles. The summed E-state index contributed by atoms with van der Waals surface area (Å²) in [6.07, 6.45) is 2.00. The summed E-state index contributed by atoms with van der Waals surface area (Å²) in [7, 11) is 1.81. The Balaban J connectivity index is 2.08. The zero-order chi connectivity index (χ0) is 13.8. The van der Waals surface area contributed by atoms with Gasteiger partial charge in [-0.2, -0.15) is 0 Å². The zero-order valence-corrected chi connectivity index (χ0v) is 11.6. The van der Waals surface area contributed by atoms with Crippen LogP contribution in [0.4, 0.5) is 0 Å². The molecule has 1 aromatic rings. The molecule has 1 amide bonds. The molecule has 1 heterocycles. The Labute approximate surface area is 114 Å². The Morgan fingerprint density at radius 3 is 2.84 bits per heavy atom. The maximum absolute atomic E-state index is 12.4. The first-order valence-corrected chi connectivity index (χ1v) is 6.86. The molecule has 1 aliphatic rings. The molecule has 2 rings (SSSR count). The predicted octanol–water partition coefficient (Wildman–Crippen LogP) is 1.91. The summed E-state index contributed by atoms with van der Waals surface area (Å²) in [6, 6.07) is 7.08. The summed E-state index contributed by atoms with van der Waals surface area (Å²) in [6.45, 7) is 3.71. The Morgan fingerprint density at radius 2 is 2.21 bits per heavy atom. The molecule has 19 heavy (non-hydrogen) atoms. The van der Waals surface area contributed by atoms with Crippen LogP contribution in [0.2, 0.25) is 0 Å². The van der Waals surface area contributed by atoms with Crippen LogP contribution in [0.1, 0.15) is 31.4 Å². The largest absolute Gasteiger partial charge is 0.508 e. The van der Waals surface area contributed by atoms with Gasteiger partial charge in [0.2, 0.25) is 5.91 Å². The first kappa shape index (κ1) is 13.9. The molecule has 2 atom stereocenters. The minimum atomic E-state index is -0.115. The van der Waals surface area contributed by atoms with Gasteiger partial charge in [-0.1, -0.05) is 18.2 Å². The smallest absolute Gasteiger partial charge is 0.227 e. The second-order valence-corrected chi connectivity index (χ2v) is 5.23. The van der Waals surface area contributed by atoms with Crippen molar-refractivity contribution in [1.29, 1.82) is 0 Å². The lowest BCUT2D eigenvalue weighted by molar-refractivity contribution is -0.136. The van der Waals surface area contributed by atoms with E-state index in [9.17, 15) is 9.90 Å². The van der Waals surface area contributed by atoms with Crippen molar-refractivity contribution in [3.8, 4) is 5.75 Å². The SMILES string of the molecule is CC(c1ccccc1O)N(C)C(=O)[C@H]1CCCNC1. The van der Waals surface area contributed by atoms with Crippen molar-refractivity contribution in [2.75, 3.05) is 20.1 Å². The Bertz CT molecular complexity index is 442. The highest BCUT2D eigenvalue weighted by Crippen LogP contribution is 2.28. The molecule has 0 spiro atoms. The Kier molecular flexibility index (Phi) is 4.43. The van der Waals surface area contributed by atoms with E-state index in [-0.39, 0.29) is 23.6 Å². The normalized spacial score (nSPS) is 20.8. The fourth-order valence-corrected chi connectivity index (χ4v) is 2.59. The van der Waals surface area contributed by atoms with Gasteiger partial charge in [-0.25, -0.2) is 0 Å². The number of phenolic OH excluding ortho intramolecular Hbond substituents is 1. The van der Waals surface area contributed by atoms with Crippen LogP contribution in [0.3, 0.4) is 0 Å². The molecule has 1 unspecified atom stereocenters. The summed E-state index contributed by atoms with van der Waals surface area (Å²) < 4.78 is 0. The van der Waals surface area contributed by atoms with E-state index >= 15 is 0 Å². The van der Waals surface area contributed by atoms with Gasteiger partial charge >= 0.3 is 0 Å². The van der Waals surface area contributed by atoms with Crippen LogP contribution in [0.5, 0.6) is 5.75 Å². The van der Waals surface area contributed by atoms with Crippen LogP contribution >= 0.6 is 0 Å². The molecular formula is C15H22N2O2. The number of rotatable bonds is 3. The Morgan fingerprint density at radius 1 is 1.47 bits per heavy atom. The lowest BCUT2D eigenvalue weighted by atomic mass is 9.96. The molecule has 104 valence electrons. The second-order valence-electron chi connectivity index (χ2n) is 5.23. The Hall–Kier alpha value is -1.55. The lowest BCUT2D eigenvalue weighted by Crippen LogP contribution is -2.42. The monoisotopic (exact) mass is 262 g/mol. The van der Waals surface area contributed by atoms with E-state index in [2.05, 4.69) is 5.32 Å². The lowest BCUT2D eigenvalue weighted by Gasteiger charge is -2.31. The molecule has 1 aromatic carbocycles. The summed E-state index contributed by atoms with van der Waals surface area (Å²) in [5, 5.41) is 13.1. The third-order valence-electron chi connectivity index (χ3n) is 3.96. The summed E-state index contributed by atoms with van der Waals surface area (Å²) >= 11 is 0. The van der Waals surface area contributed by atoms with Crippen LogP contribution < -0.4 is 5.32 Å². The van der Waals surface area contributed by atoms with Gasteiger partial charge < -0.3 is 15.3 Å². The van der Waals surface area contributed by atoms with Crippen LogP contribution in [0.15, 0.2) is 24.3 Å². The number of nitrogens with zero attached hydrogens (tertiary/aromatic N) is 1. The number of hydrogen-bond acceptors (Lipinski definition) is 3. The van der Waals surface area contributed by atoms with E-state index in [0.29, 0.717) is 0 Å². The molecule has 1 fully saturated rings. The molecule has 0 bridgehead atoms. The van der Waals surface area contributed by atoms with Gasteiger partial charge in [0, 0.05) is 19.2 Å². The van der Waals surface area contributed by atoms with Crippen molar-refractivity contribution in [2.45, 2.75) is 25.8 Å². The zero-order valence-electron chi connectivity index (χ0n) is 11.6. The highest BCUT2D eigenvalue weighted by molar-refractivity contribution is 5.79. The quantitative estimate of drug-likeness (QED) is 0.875. The standard InChI is InChI=1S/C15H22N2O2/c1-11(13-7-3-4-8-14(13)18)17(2)15(19)12-6-5-9-16-10-12/h3-4,7-8,11-12,16,18H,5-6,9-10H2,1-2H3/t11?,12-/m0/s1. The summed E-state index contributed by atoms with van der Waals surface area (Å²) in [4.78, 5) is 14.2. The fraction of sp³-hybridized carbons (Fsp3) is 0.533. The molecule has 0 saturated carbocycles. The number of para-hydroxylation sites is 1. The summed E-state index contributed by atoms with van der Waals surface area (Å²) in [5.74, 6) is 0.464. The molecular weight excluding hydrogens is 240 g/mol. The summed E-state index contributed by atoms with van der Waals surface area (Å²) in [5.41, 5.74) is 0.794. The average molecular weight is 262 g/mol. The molecule has 2 N–H and O–H groups in total. The number of aromatic hydroxyl groups is 1. The van der Waals surface area contributed by atoms with Crippen molar-refractivity contribution in [1.82, 2.24) is 10.2 Å². The van der Waals surface area contributed by atoms with Gasteiger partial charge in [0.05, 0.1) is 12.0 Å². The van der Waals surface area contributed by atoms with E-state index < -0.39 is 0 Å². The average Bonchev–Trinajstić information content (AvgIpc) is 2.46. The maximum Gasteiger partial charge on any atom is 0.227 e. The number of carbonyl (C=O) groups excluding carboxylic acids is 1. The number of nitrogens with one attached hydrogen (secondary N) is 1.